The molecule has 0 aromatic heterocycles. The van der Waals surface area contributed by atoms with Gasteiger partial charge < -0.3 is 14.6 Å². The summed E-state index contributed by atoms with van der Waals surface area (Å²) in [5.74, 6) is 0.0962. The molecule has 5 heteroatoms. The Labute approximate surface area is 133 Å². The molecule has 0 spiro atoms. The van der Waals surface area contributed by atoms with Crippen LogP contribution in [0.2, 0.25) is 5.02 Å². The van der Waals surface area contributed by atoms with Crippen molar-refractivity contribution < 1.29 is 19.4 Å². The first kappa shape index (κ1) is 15.9. The van der Waals surface area contributed by atoms with Crippen LogP contribution in [0, 0.1) is 0 Å². The Morgan fingerprint density at radius 3 is 2.18 bits per heavy atom. The first-order valence-corrected chi connectivity index (χ1v) is 6.86. The lowest BCUT2D eigenvalue weighted by Gasteiger charge is -2.08. The second-order valence-electron chi connectivity index (χ2n) is 4.49. The lowest BCUT2D eigenvalue weighted by molar-refractivity contribution is -0.130. The lowest BCUT2D eigenvalue weighted by atomic mass is 10.0. The van der Waals surface area contributed by atoms with Gasteiger partial charge in [0, 0.05) is 16.7 Å². The van der Waals surface area contributed by atoms with Crippen molar-refractivity contribution in [3.63, 3.8) is 0 Å². The van der Waals surface area contributed by atoms with Crippen molar-refractivity contribution in [2.24, 2.45) is 0 Å². The van der Waals surface area contributed by atoms with E-state index in [2.05, 4.69) is 0 Å². The van der Waals surface area contributed by atoms with E-state index >= 15 is 0 Å². The van der Waals surface area contributed by atoms with Crippen molar-refractivity contribution in [3.05, 3.63) is 58.6 Å². The summed E-state index contributed by atoms with van der Waals surface area (Å²) in [7, 11) is 3.07. The third-order valence-electron chi connectivity index (χ3n) is 3.08. The topological polar surface area (TPSA) is 55.8 Å². The number of aliphatic carboxylic acids is 1. The van der Waals surface area contributed by atoms with E-state index in [1.54, 1.807) is 42.5 Å². The van der Waals surface area contributed by atoms with Gasteiger partial charge in [-0.1, -0.05) is 29.8 Å². The Bertz CT molecular complexity index is 700. The summed E-state index contributed by atoms with van der Waals surface area (Å²) in [6.07, 6.45) is 1.54. The van der Waals surface area contributed by atoms with Crippen molar-refractivity contribution in [1.29, 1.82) is 0 Å². The fourth-order valence-electron chi connectivity index (χ4n) is 2.01. The van der Waals surface area contributed by atoms with Crippen LogP contribution in [0.5, 0.6) is 11.5 Å². The van der Waals surface area contributed by atoms with Gasteiger partial charge in [-0.15, -0.1) is 0 Å². The van der Waals surface area contributed by atoms with Gasteiger partial charge in [0.1, 0.15) is 11.5 Å². The molecule has 0 fully saturated rings. The van der Waals surface area contributed by atoms with Crippen LogP contribution >= 0.6 is 11.6 Å². The van der Waals surface area contributed by atoms with Crippen LogP contribution in [0.1, 0.15) is 11.1 Å². The molecule has 0 unspecified atom stereocenters. The summed E-state index contributed by atoms with van der Waals surface area (Å²) >= 11 is 6.09. The number of hydrogen-bond donors (Lipinski definition) is 1. The van der Waals surface area contributed by atoms with Crippen LogP contribution in [-0.4, -0.2) is 25.3 Å². The molecular formula is C17H15ClO4. The molecule has 0 bridgehead atoms. The smallest absolute Gasteiger partial charge is 0.336 e. The molecule has 22 heavy (non-hydrogen) atoms. The monoisotopic (exact) mass is 318 g/mol. The van der Waals surface area contributed by atoms with Crippen LogP contribution in [-0.2, 0) is 4.79 Å². The van der Waals surface area contributed by atoms with Crippen LogP contribution < -0.4 is 9.47 Å². The third kappa shape index (κ3) is 3.59. The van der Waals surface area contributed by atoms with Gasteiger partial charge in [0.05, 0.1) is 19.8 Å². The van der Waals surface area contributed by atoms with E-state index in [0.29, 0.717) is 27.6 Å². The lowest BCUT2D eigenvalue weighted by Crippen LogP contribution is -2.00. The SMILES string of the molecule is COc1cc(/C=C(/C(=O)O)c2ccccc2Cl)cc(OC)c1. The second-order valence-corrected chi connectivity index (χ2v) is 4.90. The van der Waals surface area contributed by atoms with E-state index in [4.69, 9.17) is 21.1 Å². The number of hydrogen-bond acceptors (Lipinski definition) is 3. The fourth-order valence-corrected chi connectivity index (χ4v) is 2.25. The summed E-state index contributed by atoms with van der Waals surface area (Å²) in [6, 6.07) is 12.0. The molecule has 1 N–H and O–H groups in total. The van der Waals surface area contributed by atoms with Gasteiger partial charge >= 0.3 is 5.97 Å². The minimum atomic E-state index is -1.06. The normalized spacial score (nSPS) is 11.1. The van der Waals surface area contributed by atoms with Gasteiger partial charge in [0.15, 0.2) is 0 Å². The Morgan fingerprint density at radius 2 is 1.68 bits per heavy atom. The Balaban J connectivity index is 2.56. The van der Waals surface area contributed by atoms with Gasteiger partial charge in [0.25, 0.3) is 0 Å². The number of rotatable bonds is 5. The molecule has 0 atom stereocenters. The molecule has 0 aliphatic carbocycles. The molecule has 0 saturated heterocycles. The number of carbonyl (C=O) groups is 1. The van der Waals surface area contributed by atoms with Crippen LogP contribution in [0.15, 0.2) is 42.5 Å². The van der Waals surface area contributed by atoms with E-state index in [-0.39, 0.29) is 5.57 Å². The first-order valence-electron chi connectivity index (χ1n) is 6.48. The van der Waals surface area contributed by atoms with Crippen molar-refractivity contribution in [1.82, 2.24) is 0 Å². The summed E-state index contributed by atoms with van der Waals surface area (Å²) in [5, 5.41) is 9.86. The maximum atomic E-state index is 11.6. The summed E-state index contributed by atoms with van der Waals surface area (Å²) in [4.78, 5) is 11.6. The molecule has 0 radical (unpaired) electrons. The molecule has 2 aromatic carbocycles. The summed E-state index contributed by atoms with van der Waals surface area (Å²) in [6.45, 7) is 0. The predicted octanol–water partition coefficient (Wildman–Crippen LogP) is 3.98. The van der Waals surface area contributed by atoms with Gasteiger partial charge in [-0.2, -0.15) is 0 Å². The molecule has 4 nitrogen and oxygen atoms in total. The van der Waals surface area contributed by atoms with Crippen LogP contribution in [0.3, 0.4) is 0 Å². The van der Waals surface area contributed by atoms with Gasteiger partial charge in [-0.05, 0) is 29.8 Å². The summed E-state index contributed by atoms with van der Waals surface area (Å²) in [5.41, 5.74) is 1.20. The highest BCUT2D eigenvalue weighted by atomic mass is 35.5. The van der Waals surface area contributed by atoms with Crippen LogP contribution in [0.4, 0.5) is 0 Å². The first-order chi connectivity index (χ1) is 10.5. The van der Waals surface area contributed by atoms with Gasteiger partial charge in [-0.3, -0.25) is 0 Å². The van der Waals surface area contributed by atoms with E-state index in [0.717, 1.165) is 0 Å². The van der Waals surface area contributed by atoms with E-state index in [9.17, 15) is 9.90 Å². The zero-order chi connectivity index (χ0) is 16.1. The highest BCUT2D eigenvalue weighted by Crippen LogP contribution is 2.29. The average molecular weight is 319 g/mol. The zero-order valence-corrected chi connectivity index (χ0v) is 12.9. The second kappa shape index (κ2) is 7.00. The largest absolute Gasteiger partial charge is 0.497 e. The number of benzene rings is 2. The Kier molecular flexibility index (Phi) is 5.07. The number of halogens is 1. The molecule has 0 aliphatic heterocycles. The van der Waals surface area contributed by atoms with E-state index < -0.39 is 5.97 Å². The molecule has 2 rings (SSSR count). The van der Waals surface area contributed by atoms with Gasteiger partial charge in [0.2, 0.25) is 0 Å². The van der Waals surface area contributed by atoms with Crippen LogP contribution in [0.25, 0.3) is 11.6 Å². The molecular weight excluding hydrogens is 304 g/mol. The highest BCUT2D eigenvalue weighted by molar-refractivity contribution is 6.35. The minimum Gasteiger partial charge on any atom is -0.497 e. The predicted molar refractivity (Wildman–Crippen MR) is 86.5 cm³/mol. The number of carboxylic acid groups (broad SMARTS) is 1. The zero-order valence-electron chi connectivity index (χ0n) is 12.2. The third-order valence-corrected chi connectivity index (χ3v) is 3.41. The fraction of sp³-hybridized carbons (Fsp3) is 0.118. The standard InChI is InChI=1S/C17H15ClO4/c1-21-12-7-11(8-13(10-12)22-2)9-15(17(19)20)14-5-3-4-6-16(14)18/h3-10H,1-2H3,(H,19,20)/b15-9+. The number of methoxy groups -OCH3 is 2. The van der Waals surface area contributed by atoms with Crippen molar-refractivity contribution in [2.75, 3.05) is 14.2 Å². The molecule has 114 valence electrons. The number of carboxylic acids is 1. The quantitative estimate of drug-likeness (QED) is 0.669. The van der Waals surface area contributed by atoms with Crippen molar-refractivity contribution in [2.45, 2.75) is 0 Å². The maximum absolute atomic E-state index is 11.6. The minimum absolute atomic E-state index is 0.0981. The summed E-state index contributed by atoms with van der Waals surface area (Å²) < 4.78 is 10.4. The number of ether oxygens (including phenoxy) is 2. The van der Waals surface area contributed by atoms with E-state index in [1.807, 2.05) is 0 Å². The Hall–Kier alpha value is -2.46. The molecule has 0 aliphatic rings. The van der Waals surface area contributed by atoms with Crippen molar-refractivity contribution >= 4 is 29.2 Å². The molecule has 0 saturated carbocycles. The van der Waals surface area contributed by atoms with Gasteiger partial charge in [-0.25, -0.2) is 4.79 Å². The maximum Gasteiger partial charge on any atom is 0.336 e. The highest BCUT2D eigenvalue weighted by Gasteiger charge is 2.14. The van der Waals surface area contributed by atoms with E-state index in [1.165, 1.54) is 20.3 Å². The molecule has 2 aromatic rings. The molecule has 0 amide bonds. The Morgan fingerprint density at radius 1 is 1.09 bits per heavy atom. The van der Waals surface area contributed by atoms with Crippen molar-refractivity contribution in [3.8, 4) is 11.5 Å². The molecule has 0 heterocycles. The average Bonchev–Trinajstić information content (AvgIpc) is 2.52.